The van der Waals surface area contributed by atoms with Crippen molar-refractivity contribution in [2.24, 2.45) is 0 Å². The highest BCUT2D eigenvalue weighted by Gasteiger charge is 2.19. The van der Waals surface area contributed by atoms with Crippen molar-refractivity contribution in [2.75, 3.05) is 0 Å². The average molecular weight is 267 g/mol. The zero-order valence-corrected chi connectivity index (χ0v) is 10.7. The van der Waals surface area contributed by atoms with Crippen molar-refractivity contribution in [2.45, 2.75) is 18.7 Å². The summed E-state index contributed by atoms with van der Waals surface area (Å²) in [7, 11) is 0. The Labute approximate surface area is 110 Å². The summed E-state index contributed by atoms with van der Waals surface area (Å²) in [5, 5.41) is -0.808. The third-order valence-corrected chi connectivity index (χ3v) is 3.40. The van der Waals surface area contributed by atoms with Gasteiger partial charge in [0.05, 0.1) is 5.38 Å². The molecule has 2 aromatic rings. The fraction of sp³-hybridized carbons (Fsp3) is 0.200. The molecule has 0 aliphatic rings. The molecule has 0 spiro atoms. The van der Waals surface area contributed by atoms with Crippen LogP contribution in [0.1, 0.15) is 29.0 Å². The van der Waals surface area contributed by atoms with Crippen LogP contribution in [0.4, 0.5) is 8.78 Å². The number of alkyl halides is 1. The normalized spacial score (nSPS) is 12.4. The summed E-state index contributed by atoms with van der Waals surface area (Å²) < 4.78 is 27.2. The predicted octanol–water partition coefficient (Wildman–Crippen LogP) is 4.86. The second kappa shape index (κ2) is 5.49. The monoisotopic (exact) mass is 266 g/mol. The number of hydrogen-bond acceptors (Lipinski definition) is 0. The van der Waals surface area contributed by atoms with Crippen molar-refractivity contribution in [1.29, 1.82) is 0 Å². The molecule has 0 aromatic heterocycles. The highest BCUT2D eigenvalue weighted by Crippen LogP contribution is 2.32. The maximum atomic E-state index is 13.6. The van der Waals surface area contributed by atoms with Crippen LogP contribution in [0, 0.1) is 11.6 Å². The van der Waals surface area contributed by atoms with E-state index in [1.807, 2.05) is 31.2 Å². The van der Waals surface area contributed by atoms with Crippen LogP contribution in [0.25, 0.3) is 0 Å². The summed E-state index contributed by atoms with van der Waals surface area (Å²) in [5.74, 6) is -1.23. The molecule has 0 saturated heterocycles. The van der Waals surface area contributed by atoms with Gasteiger partial charge in [0, 0.05) is 5.56 Å². The Morgan fingerprint density at radius 1 is 1.00 bits per heavy atom. The quantitative estimate of drug-likeness (QED) is 0.696. The minimum atomic E-state index is -0.808. The molecule has 0 heterocycles. The SMILES string of the molecule is CCc1ccc(C(Cl)c2c(F)cccc2F)cc1. The molecular formula is C15H13ClF2. The number of benzene rings is 2. The van der Waals surface area contributed by atoms with Crippen LogP contribution in [0.5, 0.6) is 0 Å². The van der Waals surface area contributed by atoms with Gasteiger partial charge in [-0.25, -0.2) is 8.78 Å². The molecule has 0 saturated carbocycles. The fourth-order valence-electron chi connectivity index (χ4n) is 1.84. The zero-order chi connectivity index (χ0) is 13.1. The molecule has 0 nitrogen and oxygen atoms in total. The zero-order valence-electron chi connectivity index (χ0n) is 9.96. The summed E-state index contributed by atoms with van der Waals surface area (Å²) in [6, 6.07) is 11.2. The molecule has 1 unspecified atom stereocenters. The number of aryl methyl sites for hydroxylation is 1. The third kappa shape index (κ3) is 2.54. The van der Waals surface area contributed by atoms with E-state index in [0.717, 1.165) is 12.0 Å². The van der Waals surface area contributed by atoms with Crippen LogP contribution in [0.15, 0.2) is 42.5 Å². The first-order chi connectivity index (χ1) is 8.63. The van der Waals surface area contributed by atoms with Crippen LogP contribution in [-0.4, -0.2) is 0 Å². The molecule has 0 fully saturated rings. The van der Waals surface area contributed by atoms with E-state index in [-0.39, 0.29) is 5.56 Å². The van der Waals surface area contributed by atoms with E-state index in [4.69, 9.17) is 11.6 Å². The molecule has 0 aliphatic heterocycles. The second-order valence-corrected chi connectivity index (χ2v) is 4.53. The number of halogens is 3. The molecule has 0 bridgehead atoms. The van der Waals surface area contributed by atoms with Crippen LogP contribution in [0.2, 0.25) is 0 Å². The Kier molecular flexibility index (Phi) is 3.97. The summed E-state index contributed by atoms with van der Waals surface area (Å²) in [6.45, 7) is 2.05. The molecule has 18 heavy (non-hydrogen) atoms. The Morgan fingerprint density at radius 2 is 1.56 bits per heavy atom. The maximum absolute atomic E-state index is 13.6. The van der Waals surface area contributed by atoms with Gasteiger partial charge in [0.2, 0.25) is 0 Å². The Bertz CT molecular complexity index is 514. The van der Waals surface area contributed by atoms with Gasteiger partial charge < -0.3 is 0 Å². The van der Waals surface area contributed by atoms with E-state index < -0.39 is 17.0 Å². The summed E-state index contributed by atoms with van der Waals surface area (Å²) in [4.78, 5) is 0. The summed E-state index contributed by atoms with van der Waals surface area (Å²) in [5.41, 5.74) is 1.76. The molecule has 0 amide bonds. The molecular weight excluding hydrogens is 254 g/mol. The lowest BCUT2D eigenvalue weighted by atomic mass is 10.0. The van der Waals surface area contributed by atoms with Crippen molar-refractivity contribution in [3.8, 4) is 0 Å². The fourth-order valence-corrected chi connectivity index (χ4v) is 2.20. The van der Waals surface area contributed by atoms with Crippen molar-refractivity contribution < 1.29 is 8.78 Å². The van der Waals surface area contributed by atoms with Crippen molar-refractivity contribution >= 4 is 11.6 Å². The predicted molar refractivity (Wildman–Crippen MR) is 69.9 cm³/mol. The smallest absolute Gasteiger partial charge is 0.131 e. The lowest BCUT2D eigenvalue weighted by Gasteiger charge is -2.12. The van der Waals surface area contributed by atoms with Crippen molar-refractivity contribution in [3.05, 3.63) is 70.8 Å². The van der Waals surface area contributed by atoms with Gasteiger partial charge in [0.25, 0.3) is 0 Å². The van der Waals surface area contributed by atoms with Gasteiger partial charge in [-0.05, 0) is 29.7 Å². The highest BCUT2D eigenvalue weighted by atomic mass is 35.5. The van der Waals surface area contributed by atoms with Gasteiger partial charge in [0.15, 0.2) is 0 Å². The van der Waals surface area contributed by atoms with E-state index in [9.17, 15) is 8.78 Å². The largest absolute Gasteiger partial charge is 0.207 e. The van der Waals surface area contributed by atoms with Crippen LogP contribution in [0.3, 0.4) is 0 Å². The molecule has 94 valence electrons. The molecule has 2 aromatic carbocycles. The van der Waals surface area contributed by atoms with Gasteiger partial charge in [-0.15, -0.1) is 11.6 Å². The van der Waals surface area contributed by atoms with Gasteiger partial charge in [-0.1, -0.05) is 37.3 Å². The van der Waals surface area contributed by atoms with E-state index in [0.29, 0.717) is 5.56 Å². The molecule has 2 rings (SSSR count). The van der Waals surface area contributed by atoms with Crippen LogP contribution in [-0.2, 0) is 6.42 Å². The molecule has 0 radical (unpaired) electrons. The van der Waals surface area contributed by atoms with Gasteiger partial charge in [-0.3, -0.25) is 0 Å². The standard InChI is InChI=1S/C15H13ClF2/c1-2-10-6-8-11(9-7-10)15(16)14-12(17)4-3-5-13(14)18/h3-9,15H,2H2,1H3. The Balaban J connectivity index is 2.38. The first-order valence-electron chi connectivity index (χ1n) is 5.80. The molecule has 1 atom stereocenters. The van der Waals surface area contributed by atoms with Gasteiger partial charge in [0.1, 0.15) is 11.6 Å². The average Bonchev–Trinajstić information content (AvgIpc) is 2.38. The van der Waals surface area contributed by atoms with Crippen molar-refractivity contribution in [3.63, 3.8) is 0 Å². The lowest BCUT2D eigenvalue weighted by molar-refractivity contribution is 0.559. The first kappa shape index (κ1) is 13.0. The van der Waals surface area contributed by atoms with E-state index in [1.54, 1.807) is 0 Å². The van der Waals surface area contributed by atoms with E-state index >= 15 is 0 Å². The minimum Gasteiger partial charge on any atom is -0.207 e. The topological polar surface area (TPSA) is 0 Å². The highest BCUT2D eigenvalue weighted by molar-refractivity contribution is 6.22. The minimum absolute atomic E-state index is 0.0941. The molecule has 0 N–H and O–H groups in total. The lowest BCUT2D eigenvalue weighted by Crippen LogP contribution is -2.01. The molecule has 0 aliphatic carbocycles. The first-order valence-corrected chi connectivity index (χ1v) is 6.24. The number of hydrogen-bond donors (Lipinski definition) is 0. The van der Waals surface area contributed by atoms with Crippen molar-refractivity contribution in [1.82, 2.24) is 0 Å². The van der Waals surface area contributed by atoms with Gasteiger partial charge in [-0.2, -0.15) is 0 Å². The maximum Gasteiger partial charge on any atom is 0.131 e. The van der Waals surface area contributed by atoms with Gasteiger partial charge >= 0.3 is 0 Å². The van der Waals surface area contributed by atoms with E-state index in [2.05, 4.69) is 0 Å². The Hall–Kier alpha value is -1.41. The summed E-state index contributed by atoms with van der Waals surface area (Å²) >= 11 is 6.16. The van der Waals surface area contributed by atoms with Crippen LogP contribution < -0.4 is 0 Å². The third-order valence-electron chi connectivity index (χ3n) is 2.93. The second-order valence-electron chi connectivity index (χ2n) is 4.09. The van der Waals surface area contributed by atoms with Crippen LogP contribution >= 0.6 is 11.6 Å². The Morgan fingerprint density at radius 3 is 2.06 bits per heavy atom. The molecule has 3 heteroatoms. The number of rotatable bonds is 3. The van der Waals surface area contributed by atoms with E-state index in [1.165, 1.54) is 18.2 Å². The summed E-state index contributed by atoms with van der Waals surface area (Å²) in [6.07, 6.45) is 0.918.